The molecule has 1 aromatic heterocycles. The van der Waals surface area contributed by atoms with Crippen LogP contribution in [0.3, 0.4) is 0 Å². The van der Waals surface area contributed by atoms with Crippen LogP contribution >= 0.6 is 0 Å². The Bertz CT molecular complexity index is 1000. The van der Waals surface area contributed by atoms with Gasteiger partial charge in [-0.05, 0) is 38.7 Å². The van der Waals surface area contributed by atoms with Gasteiger partial charge in [-0.2, -0.15) is 13.9 Å². The van der Waals surface area contributed by atoms with E-state index in [1.165, 1.54) is 0 Å². The van der Waals surface area contributed by atoms with Gasteiger partial charge in [-0.1, -0.05) is 56.2 Å². The van der Waals surface area contributed by atoms with Gasteiger partial charge in [0.1, 0.15) is 11.4 Å². The molecule has 8 heteroatoms. The Balaban J connectivity index is 1.68. The predicted octanol–water partition coefficient (Wildman–Crippen LogP) is 6.73. The standard InChI is InChI=1S/C25H32F4N4/c1-17(32-24(13-9-6-10-14-24)25(28,29)23(4,26)27)19-16-30-33-21(19)31-20(15-22(33,2)3)18-11-7-5-8-12-18/h5,7-8,11-12,16,20,31-32H,1,6,9-10,13-15H2,2-4H3. The number of rotatable bonds is 6. The fourth-order valence-corrected chi connectivity index (χ4v) is 5.30. The molecule has 0 amide bonds. The lowest BCUT2D eigenvalue weighted by Crippen LogP contribution is -2.65. The van der Waals surface area contributed by atoms with Crippen LogP contribution in [0, 0.1) is 0 Å². The second-order valence-electron chi connectivity index (χ2n) is 10.2. The van der Waals surface area contributed by atoms with Gasteiger partial charge in [0.05, 0.1) is 23.3 Å². The first-order valence-corrected chi connectivity index (χ1v) is 11.5. The molecule has 1 saturated carbocycles. The van der Waals surface area contributed by atoms with E-state index in [1.54, 1.807) is 6.20 Å². The quantitative estimate of drug-likeness (QED) is 0.466. The normalized spacial score (nSPS) is 22.2. The summed E-state index contributed by atoms with van der Waals surface area (Å²) in [5.74, 6) is -7.74. The summed E-state index contributed by atoms with van der Waals surface area (Å²) < 4.78 is 60.3. The number of anilines is 1. The highest BCUT2D eigenvalue weighted by atomic mass is 19.3. The van der Waals surface area contributed by atoms with Crippen molar-refractivity contribution >= 4 is 11.5 Å². The topological polar surface area (TPSA) is 41.9 Å². The molecular weight excluding hydrogens is 432 g/mol. The van der Waals surface area contributed by atoms with E-state index in [0.29, 0.717) is 31.1 Å². The predicted molar refractivity (Wildman–Crippen MR) is 123 cm³/mol. The van der Waals surface area contributed by atoms with Crippen LogP contribution < -0.4 is 10.6 Å². The van der Waals surface area contributed by atoms with Gasteiger partial charge in [-0.25, -0.2) is 13.5 Å². The van der Waals surface area contributed by atoms with E-state index in [-0.39, 0.29) is 30.1 Å². The Morgan fingerprint density at radius 2 is 1.76 bits per heavy atom. The summed E-state index contributed by atoms with van der Waals surface area (Å²) in [6, 6.07) is 9.95. The number of halogens is 4. The van der Waals surface area contributed by atoms with Crippen molar-refractivity contribution in [2.75, 3.05) is 5.32 Å². The van der Waals surface area contributed by atoms with Crippen LogP contribution in [0.2, 0.25) is 0 Å². The minimum atomic E-state index is -4.23. The van der Waals surface area contributed by atoms with E-state index in [0.717, 1.165) is 18.4 Å². The molecule has 0 bridgehead atoms. The SMILES string of the molecule is C=C(NC1(C(F)(F)C(C)(F)F)CCCCC1)c1cnn2c1NC(c1ccccc1)CC2(C)C. The first kappa shape index (κ1) is 23.6. The number of benzene rings is 1. The van der Waals surface area contributed by atoms with Crippen molar-refractivity contribution in [3.63, 3.8) is 0 Å². The molecule has 1 fully saturated rings. The minimum Gasteiger partial charge on any atom is -0.374 e. The van der Waals surface area contributed by atoms with Crippen LogP contribution in [-0.2, 0) is 5.54 Å². The van der Waals surface area contributed by atoms with Gasteiger partial charge >= 0.3 is 11.8 Å². The molecule has 0 spiro atoms. The summed E-state index contributed by atoms with van der Waals surface area (Å²) >= 11 is 0. The van der Waals surface area contributed by atoms with E-state index in [1.807, 2.05) is 35.0 Å². The van der Waals surface area contributed by atoms with Gasteiger partial charge in [0.15, 0.2) is 0 Å². The van der Waals surface area contributed by atoms with Gasteiger partial charge in [-0.15, -0.1) is 0 Å². The molecule has 4 nitrogen and oxygen atoms in total. The molecule has 1 aliphatic carbocycles. The van der Waals surface area contributed by atoms with Crippen LogP contribution in [0.4, 0.5) is 23.4 Å². The maximum atomic E-state index is 15.1. The largest absolute Gasteiger partial charge is 0.374 e. The van der Waals surface area contributed by atoms with Crippen LogP contribution in [0.25, 0.3) is 5.70 Å². The molecule has 0 radical (unpaired) electrons. The van der Waals surface area contributed by atoms with Crippen molar-refractivity contribution in [3.05, 3.63) is 54.2 Å². The van der Waals surface area contributed by atoms with E-state index < -0.39 is 17.4 Å². The zero-order valence-corrected chi connectivity index (χ0v) is 19.4. The van der Waals surface area contributed by atoms with Crippen LogP contribution in [0.15, 0.2) is 43.1 Å². The molecule has 1 aliphatic heterocycles. The molecule has 2 N–H and O–H groups in total. The third kappa shape index (κ3) is 4.02. The van der Waals surface area contributed by atoms with Crippen molar-refractivity contribution < 1.29 is 17.6 Å². The number of hydrogen-bond acceptors (Lipinski definition) is 3. The van der Waals surface area contributed by atoms with Gasteiger partial charge in [0.25, 0.3) is 0 Å². The minimum absolute atomic E-state index is 0.0120. The third-order valence-electron chi connectivity index (χ3n) is 7.13. The smallest absolute Gasteiger partial charge is 0.332 e. The summed E-state index contributed by atoms with van der Waals surface area (Å²) in [6.45, 7) is 8.43. The van der Waals surface area contributed by atoms with Crippen molar-refractivity contribution in [2.45, 2.75) is 88.3 Å². The number of hydrogen-bond donors (Lipinski definition) is 2. The zero-order chi connectivity index (χ0) is 24.1. The second-order valence-corrected chi connectivity index (χ2v) is 10.2. The Labute approximate surface area is 192 Å². The van der Waals surface area contributed by atoms with E-state index in [2.05, 4.69) is 36.2 Å². The Morgan fingerprint density at radius 1 is 1.12 bits per heavy atom. The molecule has 2 heterocycles. The average Bonchev–Trinajstić information content (AvgIpc) is 3.19. The molecular formula is C25H32F4N4. The lowest BCUT2D eigenvalue weighted by atomic mass is 9.74. The Kier molecular flexibility index (Phi) is 5.78. The molecule has 1 atom stereocenters. The maximum absolute atomic E-state index is 15.1. The van der Waals surface area contributed by atoms with Crippen LogP contribution in [0.1, 0.15) is 76.5 Å². The fraction of sp³-hybridized carbons (Fsp3) is 0.560. The summed E-state index contributed by atoms with van der Waals surface area (Å²) in [4.78, 5) is 0. The maximum Gasteiger partial charge on any atom is 0.332 e. The van der Waals surface area contributed by atoms with Gasteiger partial charge in [0.2, 0.25) is 0 Å². The van der Waals surface area contributed by atoms with Gasteiger partial charge in [-0.3, -0.25) is 0 Å². The number of nitrogens with one attached hydrogen (secondary N) is 2. The molecule has 1 unspecified atom stereocenters. The number of fused-ring (bicyclic) bond motifs is 1. The van der Waals surface area contributed by atoms with Crippen LogP contribution in [-0.4, -0.2) is 27.2 Å². The lowest BCUT2D eigenvalue weighted by molar-refractivity contribution is -0.243. The van der Waals surface area contributed by atoms with E-state index >= 15 is 8.78 Å². The van der Waals surface area contributed by atoms with E-state index in [4.69, 9.17) is 0 Å². The molecule has 2 aliphatic rings. The molecule has 1 aromatic carbocycles. The number of alkyl halides is 4. The molecule has 33 heavy (non-hydrogen) atoms. The number of aromatic nitrogens is 2. The Hall–Kier alpha value is -2.51. The molecule has 2 aromatic rings. The monoisotopic (exact) mass is 464 g/mol. The van der Waals surface area contributed by atoms with Gasteiger partial charge in [0, 0.05) is 12.6 Å². The summed E-state index contributed by atoms with van der Waals surface area (Å²) in [5, 5.41) is 10.8. The highest BCUT2D eigenvalue weighted by molar-refractivity contribution is 5.73. The van der Waals surface area contributed by atoms with Crippen molar-refractivity contribution in [1.29, 1.82) is 0 Å². The molecule has 4 rings (SSSR count). The summed E-state index contributed by atoms with van der Waals surface area (Å²) in [7, 11) is 0. The zero-order valence-electron chi connectivity index (χ0n) is 19.4. The average molecular weight is 465 g/mol. The third-order valence-corrected chi connectivity index (χ3v) is 7.13. The van der Waals surface area contributed by atoms with Crippen molar-refractivity contribution in [1.82, 2.24) is 15.1 Å². The highest BCUT2D eigenvalue weighted by Gasteiger charge is 2.66. The van der Waals surface area contributed by atoms with Crippen molar-refractivity contribution in [3.8, 4) is 0 Å². The van der Waals surface area contributed by atoms with Crippen molar-refractivity contribution in [2.24, 2.45) is 0 Å². The Morgan fingerprint density at radius 3 is 2.36 bits per heavy atom. The summed E-state index contributed by atoms with van der Waals surface area (Å²) in [6.07, 6.45) is 3.92. The molecule has 0 saturated heterocycles. The summed E-state index contributed by atoms with van der Waals surface area (Å²) in [5.41, 5.74) is -0.604. The van der Waals surface area contributed by atoms with Crippen LogP contribution in [0.5, 0.6) is 0 Å². The second kappa shape index (κ2) is 8.06. The van der Waals surface area contributed by atoms with Gasteiger partial charge < -0.3 is 10.6 Å². The highest BCUT2D eigenvalue weighted by Crippen LogP contribution is 2.50. The lowest BCUT2D eigenvalue weighted by Gasteiger charge is -2.46. The first-order chi connectivity index (χ1) is 15.4. The number of nitrogens with zero attached hydrogens (tertiary/aromatic N) is 2. The molecule has 180 valence electrons. The fourth-order valence-electron chi connectivity index (χ4n) is 5.30. The van der Waals surface area contributed by atoms with E-state index in [9.17, 15) is 8.78 Å². The first-order valence-electron chi connectivity index (χ1n) is 11.5.